The Labute approximate surface area is 123 Å². The molecule has 0 amide bonds. The number of benzene rings is 2. The van der Waals surface area contributed by atoms with Gasteiger partial charge in [-0.3, -0.25) is 0 Å². The number of hydrogen-bond acceptors (Lipinski definition) is 2. The summed E-state index contributed by atoms with van der Waals surface area (Å²) in [5.41, 5.74) is 3.26. The zero-order valence-electron chi connectivity index (χ0n) is 11.2. The van der Waals surface area contributed by atoms with Crippen molar-refractivity contribution in [1.29, 1.82) is 0 Å². The van der Waals surface area contributed by atoms with Gasteiger partial charge in [-0.25, -0.2) is 4.98 Å². The number of anilines is 1. The van der Waals surface area contributed by atoms with Crippen molar-refractivity contribution < 1.29 is 0 Å². The van der Waals surface area contributed by atoms with Gasteiger partial charge in [-0.2, -0.15) is 0 Å². The van der Waals surface area contributed by atoms with E-state index >= 15 is 0 Å². The second kappa shape index (κ2) is 5.51. The van der Waals surface area contributed by atoms with Crippen LogP contribution >= 0.6 is 11.6 Å². The van der Waals surface area contributed by atoms with Gasteiger partial charge in [-0.15, -0.1) is 0 Å². The van der Waals surface area contributed by atoms with Crippen LogP contribution in [0.15, 0.2) is 54.7 Å². The van der Waals surface area contributed by atoms with E-state index in [-0.39, 0.29) is 0 Å². The molecule has 20 heavy (non-hydrogen) atoms. The quantitative estimate of drug-likeness (QED) is 0.698. The molecular formula is C17H15ClN2. The molecule has 1 aromatic heterocycles. The molecule has 3 rings (SSSR count). The van der Waals surface area contributed by atoms with Crippen LogP contribution in [0.1, 0.15) is 11.1 Å². The molecule has 3 aromatic rings. The van der Waals surface area contributed by atoms with Gasteiger partial charge in [0.2, 0.25) is 0 Å². The van der Waals surface area contributed by atoms with Crippen LogP contribution in [0, 0.1) is 6.92 Å². The number of rotatable bonds is 3. The second-order valence-electron chi connectivity index (χ2n) is 4.79. The van der Waals surface area contributed by atoms with Gasteiger partial charge in [-0.05, 0) is 34.9 Å². The molecule has 0 spiro atoms. The predicted octanol–water partition coefficient (Wildman–Crippen LogP) is 4.81. The van der Waals surface area contributed by atoms with Crippen LogP contribution in [-0.2, 0) is 6.54 Å². The first-order valence-corrected chi connectivity index (χ1v) is 6.95. The van der Waals surface area contributed by atoms with E-state index in [1.54, 1.807) is 6.20 Å². The standard InChI is InChI=1S/C17H15ClN2/c1-12-9-10-19-17(18)16(12)20-11-14-7-4-6-13-5-2-3-8-15(13)14/h2-10,20H,11H2,1H3. The van der Waals surface area contributed by atoms with Crippen molar-refractivity contribution in [3.8, 4) is 0 Å². The van der Waals surface area contributed by atoms with Crippen LogP contribution in [0.2, 0.25) is 5.15 Å². The first-order chi connectivity index (χ1) is 9.75. The van der Waals surface area contributed by atoms with Crippen LogP contribution in [0.5, 0.6) is 0 Å². The average Bonchev–Trinajstić information content (AvgIpc) is 2.47. The minimum absolute atomic E-state index is 0.519. The number of aryl methyl sites for hydroxylation is 1. The summed E-state index contributed by atoms with van der Waals surface area (Å²) < 4.78 is 0. The number of halogens is 1. The van der Waals surface area contributed by atoms with E-state index in [4.69, 9.17) is 11.6 Å². The molecule has 0 aliphatic rings. The molecule has 0 saturated carbocycles. The maximum Gasteiger partial charge on any atom is 0.152 e. The molecule has 0 aliphatic carbocycles. The summed E-state index contributed by atoms with van der Waals surface area (Å²) in [4.78, 5) is 4.12. The van der Waals surface area contributed by atoms with Gasteiger partial charge >= 0.3 is 0 Å². The fourth-order valence-electron chi connectivity index (χ4n) is 2.37. The van der Waals surface area contributed by atoms with Crippen molar-refractivity contribution in [3.63, 3.8) is 0 Å². The Morgan fingerprint density at radius 1 is 1.05 bits per heavy atom. The van der Waals surface area contributed by atoms with Gasteiger partial charge in [0.15, 0.2) is 5.15 Å². The van der Waals surface area contributed by atoms with E-state index in [9.17, 15) is 0 Å². The highest BCUT2D eigenvalue weighted by molar-refractivity contribution is 6.32. The van der Waals surface area contributed by atoms with Crippen molar-refractivity contribution in [2.45, 2.75) is 13.5 Å². The highest BCUT2D eigenvalue weighted by atomic mass is 35.5. The smallest absolute Gasteiger partial charge is 0.152 e. The molecule has 0 unspecified atom stereocenters. The molecule has 0 fully saturated rings. The SMILES string of the molecule is Cc1ccnc(Cl)c1NCc1cccc2ccccc12. The molecule has 0 saturated heterocycles. The van der Waals surface area contributed by atoms with E-state index in [1.807, 2.05) is 13.0 Å². The van der Waals surface area contributed by atoms with E-state index < -0.39 is 0 Å². The molecule has 0 bridgehead atoms. The Kier molecular flexibility index (Phi) is 3.57. The van der Waals surface area contributed by atoms with Crippen LogP contribution < -0.4 is 5.32 Å². The number of nitrogens with zero attached hydrogens (tertiary/aromatic N) is 1. The fraction of sp³-hybridized carbons (Fsp3) is 0.118. The summed E-state index contributed by atoms with van der Waals surface area (Å²) in [6.07, 6.45) is 1.72. The summed E-state index contributed by atoms with van der Waals surface area (Å²) >= 11 is 6.14. The van der Waals surface area contributed by atoms with E-state index in [0.29, 0.717) is 5.15 Å². The van der Waals surface area contributed by atoms with Gasteiger partial charge in [0.25, 0.3) is 0 Å². The maximum atomic E-state index is 6.14. The molecule has 100 valence electrons. The zero-order chi connectivity index (χ0) is 13.9. The molecule has 0 atom stereocenters. The number of nitrogens with one attached hydrogen (secondary N) is 1. The van der Waals surface area contributed by atoms with Crippen molar-refractivity contribution in [2.24, 2.45) is 0 Å². The fourth-order valence-corrected chi connectivity index (χ4v) is 2.64. The van der Waals surface area contributed by atoms with Gasteiger partial charge in [0, 0.05) is 12.7 Å². The summed E-state index contributed by atoms with van der Waals surface area (Å²) in [6.45, 7) is 2.76. The van der Waals surface area contributed by atoms with Crippen LogP contribution in [0.25, 0.3) is 10.8 Å². The lowest BCUT2D eigenvalue weighted by molar-refractivity contribution is 1.14. The Hall–Kier alpha value is -2.06. The normalized spacial score (nSPS) is 10.7. The molecule has 0 aliphatic heterocycles. The Balaban J connectivity index is 1.91. The van der Waals surface area contributed by atoms with Crippen LogP contribution in [0.3, 0.4) is 0 Å². The third-order valence-corrected chi connectivity index (χ3v) is 3.74. The minimum Gasteiger partial charge on any atom is -0.378 e. The number of aromatic nitrogens is 1. The van der Waals surface area contributed by atoms with Crippen LogP contribution in [-0.4, -0.2) is 4.98 Å². The van der Waals surface area contributed by atoms with Gasteiger partial charge in [0.05, 0.1) is 5.69 Å². The highest BCUT2D eigenvalue weighted by Crippen LogP contribution is 2.25. The molecular weight excluding hydrogens is 268 g/mol. The number of fused-ring (bicyclic) bond motifs is 1. The summed E-state index contributed by atoms with van der Waals surface area (Å²) in [5.74, 6) is 0. The van der Waals surface area contributed by atoms with Crippen molar-refractivity contribution in [2.75, 3.05) is 5.32 Å². The Bertz CT molecular complexity index is 727. The van der Waals surface area contributed by atoms with Gasteiger partial charge in [0.1, 0.15) is 0 Å². The Morgan fingerprint density at radius 3 is 2.70 bits per heavy atom. The zero-order valence-corrected chi connectivity index (χ0v) is 12.0. The molecule has 0 radical (unpaired) electrons. The van der Waals surface area contributed by atoms with Gasteiger partial charge < -0.3 is 5.32 Å². The van der Waals surface area contributed by atoms with Crippen molar-refractivity contribution in [1.82, 2.24) is 4.98 Å². The lowest BCUT2D eigenvalue weighted by Crippen LogP contribution is -2.03. The monoisotopic (exact) mass is 282 g/mol. The van der Waals surface area contributed by atoms with Crippen molar-refractivity contribution in [3.05, 3.63) is 71.0 Å². The first kappa shape index (κ1) is 12.9. The topological polar surface area (TPSA) is 24.9 Å². The lowest BCUT2D eigenvalue weighted by atomic mass is 10.0. The first-order valence-electron chi connectivity index (χ1n) is 6.57. The third-order valence-electron chi connectivity index (χ3n) is 3.45. The molecule has 2 nitrogen and oxygen atoms in total. The molecule has 1 heterocycles. The third kappa shape index (κ3) is 2.47. The highest BCUT2D eigenvalue weighted by Gasteiger charge is 2.05. The number of hydrogen-bond donors (Lipinski definition) is 1. The van der Waals surface area contributed by atoms with Gasteiger partial charge in [-0.1, -0.05) is 54.1 Å². The van der Waals surface area contributed by atoms with E-state index in [0.717, 1.165) is 17.8 Å². The maximum absolute atomic E-state index is 6.14. The summed E-state index contributed by atoms with van der Waals surface area (Å²) in [6, 6.07) is 16.7. The molecule has 1 N–H and O–H groups in total. The summed E-state index contributed by atoms with van der Waals surface area (Å²) in [5, 5.41) is 6.43. The second-order valence-corrected chi connectivity index (χ2v) is 5.14. The minimum atomic E-state index is 0.519. The van der Waals surface area contributed by atoms with E-state index in [1.165, 1.54) is 16.3 Å². The number of pyridine rings is 1. The van der Waals surface area contributed by atoms with Crippen molar-refractivity contribution >= 4 is 28.1 Å². The predicted molar refractivity (Wildman–Crippen MR) is 85.3 cm³/mol. The largest absolute Gasteiger partial charge is 0.378 e. The summed E-state index contributed by atoms with van der Waals surface area (Å²) in [7, 11) is 0. The Morgan fingerprint density at radius 2 is 1.85 bits per heavy atom. The molecule has 2 aromatic carbocycles. The lowest BCUT2D eigenvalue weighted by Gasteiger charge is -2.12. The van der Waals surface area contributed by atoms with Crippen LogP contribution in [0.4, 0.5) is 5.69 Å². The average molecular weight is 283 g/mol. The van der Waals surface area contributed by atoms with E-state index in [2.05, 4.69) is 52.8 Å². The molecule has 3 heteroatoms.